The molecular formula is C15H13ClF3N3S2. The van der Waals surface area contributed by atoms with Crippen LogP contribution in [0.25, 0.3) is 0 Å². The molecule has 0 unspecified atom stereocenters. The maximum atomic E-state index is 12.4. The van der Waals surface area contributed by atoms with Crippen LogP contribution in [0.15, 0.2) is 52.3 Å². The summed E-state index contributed by atoms with van der Waals surface area (Å²) in [6.07, 6.45) is 1.94. The van der Waals surface area contributed by atoms with Crippen LogP contribution in [0.1, 0.15) is 0 Å². The number of alkyl halides is 3. The summed E-state index contributed by atoms with van der Waals surface area (Å²) in [5.74, 6) is -0.0932. The van der Waals surface area contributed by atoms with Crippen molar-refractivity contribution in [3.63, 3.8) is 0 Å². The number of halogens is 4. The van der Waals surface area contributed by atoms with E-state index in [9.17, 15) is 13.2 Å². The molecule has 0 saturated heterocycles. The quantitative estimate of drug-likeness (QED) is 0.333. The van der Waals surface area contributed by atoms with Crippen LogP contribution in [0.3, 0.4) is 0 Å². The first-order chi connectivity index (χ1) is 11.3. The Morgan fingerprint density at radius 3 is 2.50 bits per heavy atom. The van der Waals surface area contributed by atoms with Crippen LogP contribution in [-0.4, -0.2) is 17.7 Å². The van der Waals surface area contributed by atoms with E-state index in [1.54, 1.807) is 17.8 Å². The third-order valence-corrected chi connectivity index (χ3v) is 4.55. The van der Waals surface area contributed by atoms with Gasteiger partial charge in [-0.15, -0.1) is 11.8 Å². The number of hydrogen-bond acceptors (Lipinski definition) is 3. The van der Waals surface area contributed by atoms with Crippen LogP contribution in [0.2, 0.25) is 5.02 Å². The van der Waals surface area contributed by atoms with Crippen molar-refractivity contribution in [2.24, 2.45) is 0 Å². The van der Waals surface area contributed by atoms with Crippen molar-refractivity contribution in [3.8, 4) is 0 Å². The third kappa shape index (κ3) is 5.85. The van der Waals surface area contributed by atoms with E-state index in [2.05, 4.69) is 10.6 Å². The summed E-state index contributed by atoms with van der Waals surface area (Å²) in [5, 5.41) is 13.7. The van der Waals surface area contributed by atoms with Crippen LogP contribution < -0.4 is 10.6 Å². The molecule has 128 valence electrons. The van der Waals surface area contributed by atoms with Crippen LogP contribution in [0, 0.1) is 5.41 Å². The zero-order valence-corrected chi connectivity index (χ0v) is 14.8. The van der Waals surface area contributed by atoms with Gasteiger partial charge in [0.05, 0.1) is 10.7 Å². The molecule has 0 fully saturated rings. The Morgan fingerprint density at radius 1 is 1.08 bits per heavy atom. The summed E-state index contributed by atoms with van der Waals surface area (Å²) >= 11 is 7.31. The standard InChI is InChI=1S/C15H13ClF3N3S2/c1-23-10-4-2-3-9(7-10)21-14(20)22-13-8-11(5-6-12(13)16)24-15(17,18)19/h2-8H,1H3,(H3,20,21,22). The number of anilines is 2. The normalized spacial score (nSPS) is 11.2. The van der Waals surface area contributed by atoms with Gasteiger partial charge < -0.3 is 10.6 Å². The summed E-state index contributed by atoms with van der Waals surface area (Å²) in [7, 11) is 0. The van der Waals surface area contributed by atoms with Gasteiger partial charge in [-0.2, -0.15) is 13.2 Å². The van der Waals surface area contributed by atoms with Gasteiger partial charge in [-0.3, -0.25) is 5.41 Å². The smallest absolute Gasteiger partial charge is 0.326 e. The fraction of sp³-hybridized carbons (Fsp3) is 0.133. The lowest BCUT2D eigenvalue weighted by atomic mass is 10.3. The van der Waals surface area contributed by atoms with Gasteiger partial charge in [-0.1, -0.05) is 17.7 Å². The Balaban J connectivity index is 2.09. The molecule has 0 saturated carbocycles. The average Bonchev–Trinajstić information content (AvgIpc) is 2.49. The molecule has 0 radical (unpaired) electrons. The molecule has 9 heteroatoms. The second-order valence-electron chi connectivity index (χ2n) is 4.55. The van der Waals surface area contributed by atoms with Crippen LogP contribution in [0.4, 0.5) is 24.5 Å². The molecule has 0 aromatic heterocycles. The number of rotatable bonds is 4. The molecule has 0 spiro atoms. The van der Waals surface area contributed by atoms with Crippen molar-refractivity contribution < 1.29 is 13.2 Å². The largest absolute Gasteiger partial charge is 0.446 e. The van der Waals surface area contributed by atoms with E-state index in [0.29, 0.717) is 5.69 Å². The van der Waals surface area contributed by atoms with E-state index in [1.165, 1.54) is 18.2 Å². The second-order valence-corrected chi connectivity index (χ2v) is 6.97. The molecule has 3 N–H and O–H groups in total. The van der Waals surface area contributed by atoms with Crippen molar-refractivity contribution >= 4 is 52.5 Å². The average molecular weight is 392 g/mol. The van der Waals surface area contributed by atoms with E-state index >= 15 is 0 Å². The Bertz CT molecular complexity index is 738. The summed E-state index contributed by atoms with van der Waals surface area (Å²) in [6, 6.07) is 11.3. The van der Waals surface area contributed by atoms with Gasteiger partial charge in [-0.25, -0.2) is 0 Å². The van der Waals surface area contributed by atoms with E-state index in [4.69, 9.17) is 17.0 Å². The van der Waals surface area contributed by atoms with Gasteiger partial charge in [-0.05, 0) is 54.4 Å². The van der Waals surface area contributed by atoms with Gasteiger partial charge in [0.25, 0.3) is 0 Å². The molecule has 0 heterocycles. The Morgan fingerprint density at radius 2 is 1.83 bits per heavy atom. The predicted molar refractivity (Wildman–Crippen MR) is 96.6 cm³/mol. The van der Waals surface area contributed by atoms with Gasteiger partial charge >= 0.3 is 5.51 Å². The summed E-state index contributed by atoms with van der Waals surface area (Å²) < 4.78 is 37.3. The SMILES string of the molecule is CSc1cccc(NC(=N)Nc2cc(SC(F)(F)F)ccc2Cl)c1. The van der Waals surface area contributed by atoms with E-state index in [-0.39, 0.29) is 33.3 Å². The topological polar surface area (TPSA) is 47.9 Å². The molecule has 0 atom stereocenters. The highest BCUT2D eigenvalue weighted by atomic mass is 35.5. The Labute approximate surface area is 150 Å². The van der Waals surface area contributed by atoms with Crippen LogP contribution >= 0.6 is 35.1 Å². The molecule has 2 aromatic rings. The molecule has 3 nitrogen and oxygen atoms in total. The molecule has 24 heavy (non-hydrogen) atoms. The first-order valence-electron chi connectivity index (χ1n) is 6.59. The molecular weight excluding hydrogens is 379 g/mol. The minimum Gasteiger partial charge on any atom is -0.326 e. The van der Waals surface area contributed by atoms with Crippen molar-refractivity contribution in [1.82, 2.24) is 0 Å². The lowest BCUT2D eigenvalue weighted by Gasteiger charge is -2.13. The summed E-state index contributed by atoms with van der Waals surface area (Å²) in [6.45, 7) is 0. The predicted octanol–water partition coefficient (Wildman–Crippen LogP) is 6.13. The first kappa shape index (κ1) is 18.8. The molecule has 2 rings (SSSR count). The van der Waals surface area contributed by atoms with E-state index < -0.39 is 5.51 Å². The lowest BCUT2D eigenvalue weighted by molar-refractivity contribution is -0.0328. The van der Waals surface area contributed by atoms with Crippen molar-refractivity contribution in [3.05, 3.63) is 47.5 Å². The first-order valence-corrected chi connectivity index (χ1v) is 9.01. The van der Waals surface area contributed by atoms with Crippen molar-refractivity contribution in [2.45, 2.75) is 15.3 Å². The molecule has 0 aliphatic carbocycles. The fourth-order valence-electron chi connectivity index (χ4n) is 1.81. The van der Waals surface area contributed by atoms with Crippen molar-refractivity contribution in [2.75, 3.05) is 16.9 Å². The van der Waals surface area contributed by atoms with Gasteiger partial charge in [0, 0.05) is 15.5 Å². The molecule has 0 aliphatic heterocycles. The molecule has 2 aromatic carbocycles. The zero-order chi connectivity index (χ0) is 17.7. The highest BCUT2D eigenvalue weighted by Crippen LogP contribution is 2.39. The molecule has 0 amide bonds. The number of benzene rings is 2. The highest BCUT2D eigenvalue weighted by molar-refractivity contribution is 8.00. The lowest BCUT2D eigenvalue weighted by Crippen LogP contribution is -2.20. The van der Waals surface area contributed by atoms with Gasteiger partial charge in [0.2, 0.25) is 0 Å². The third-order valence-electron chi connectivity index (χ3n) is 2.77. The van der Waals surface area contributed by atoms with E-state index in [0.717, 1.165) is 4.90 Å². The summed E-state index contributed by atoms with van der Waals surface area (Å²) in [4.78, 5) is 1.01. The number of hydrogen-bond donors (Lipinski definition) is 3. The Kier molecular flexibility index (Phi) is 6.31. The Hall–Kier alpha value is -1.51. The second kappa shape index (κ2) is 8.04. The zero-order valence-electron chi connectivity index (χ0n) is 12.4. The van der Waals surface area contributed by atoms with Crippen LogP contribution in [-0.2, 0) is 0 Å². The fourth-order valence-corrected chi connectivity index (χ4v) is 3.01. The minimum absolute atomic E-state index is 0.00780. The van der Waals surface area contributed by atoms with E-state index in [1.807, 2.05) is 24.5 Å². The maximum absolute atomic E-state index is 12.4. The van der Waals surface area contributed by atoms with Gasteiger partial charge in [0.15, 0.2) is 5.96 Å². The van der Waals surface area contributed by atoms with Gasteiger partial charge in [0.1, 0.15) is 0 Å². The maximum Gasteiger partial charge on any atom is 0.446 e. The molecule has 0 bridgehead atoms. The van der Waals surface area contributed by atoms with Crippen molar-refractivity contribution in [1.29, 1.82) is 5.41 Å². The highest BCUT2D eigenvalue weighted by Gasteiger charge is 2.29. The van der Waals surface area contributed by atoms with Crippen LogP contribution in [0.5, 0.6) is 0 Å². The number of guanidine groups is 1. The number of nitrogens with one attached hydrogen (secondary N) is 3. The summed E-state index contributed by atoms with van der Waals surface area (Å²) in [5.41, 5.74) is -3.46. The molecule has 0 aliphatic rings. The monoisotopic (exact) mass is 391 g/mol. The minimum atomic E-state index is -4.38. The number of thioether (sulfide) groups is 2.